The van der Waals surface area contributed by atoms with E-state index < -0.39 is 5.60 Å². The normalized spacial score (nSPS) is 22.4. The second kappa shape index (κ2) is 5.96. The molecule has 0 amide bonds. The van der Waals surface area contributed by atoms with Gasteiger partial charge in [-0.3, -0.25) is 0 Å². The molecular formula is C17H26O2. The number of fused-ring (bicyclic) bond motifs is 1. The van der Waals surface area contributed by atoms with Crippen molar-refractivity contribution >= 4 is 0 Å². The van der Waals surface area contributed by atoms with Crippen LogP contribution in [0.3, 0.4) is 0 Å². The number of hydrogen-bond donors (Lipinski definition) is 1. The van der Waals surface area contributed by atoms with Crippen LogP contribution in [0.1, 0.15) is 50.7 Å². The van der Waals surface area contributed by atoms with E-state index in [0.717, 1.165) is 44.3 Å². The van der Waals surface area contributed by atoms with Gasteiger partial charge in [0.15, 0.2) is 0 Å². The number of rotatable bonds is 5. The first-order chi connectivity index (χ1) is 9.10. The molecule has 0 aromatic heterocycles. The molecule has 1 aromatic rings. The average molecular weight is 262 g/mol. The number of hydrogen-bond acceptors (Lipinski definition) is 2. The Bertz CT molecular complexity index is 423. The smallest absolute Gasteiger partial charge is 0.119 e. The fourth-order valence-electron chi connectivity index (χ4n) is 3.24. The highest BCUT2D eigenvalue weighted by Crippen LogP contribution is 2.36. The second-order valence-electron chi connectivity index (χ2n) is 5.92. The minimum Gasteiger partial charge on any atom is -0.497 e. The first-order valence-electron chi connectivity index (χ1n) is 7.48. The van der Waals surface area contributed by atoms with Crippen molar-refractivity contribution in [2.75, 3.05) is 7.11 Å². The third-order valence-corrected chi connectivity index (χ3v) is 4.62. The van der Waals surface area contributed by atoms with Crippen LogP contribution in [0.15, 0.2) is 18.2 Å². The molecule has 1 aliphatic carbocycles. The molecule has 1 unspecified atom stereocenters. The zero-order chi connectivity index (χ0) is 13.9. The average Bonchev–Trinajstić information content (AvgIpc) is 2.43. The third-order valence-electron chi connectivity index (χ3n) is 4.62. The van der Waals surface area contributed by atoms with Crippen LogP contribution in [-0.2, 0) is 12.8 Å². The van der Waals surface area contributed by atoms with Gasteiger partial charge in [0.25, 0.3) is 0 Å². The number of benzene rings is 1. The van der Waals surface area contributed by atoms with Crippen LogP contribution in [0.5, 0.6) is 5.75 Å². The van der Waals surface area contributed by atoms with E-state index in [1.54, 1.807) is 7.11 Å². The molecule has 0 fully saturated rings. The predicted octanol–water partition coefficient (Wildman–Crippen LogP) is 3.74. The molecule has 0 radical (unpaired) electrons. The maximum absolute atomic E-state index is 10.9. The van der Waals surface area contributed by atoms with E-state index in [0.29, 0.717) is 5.92 Å². The zero-order valence-electron chi connectivity index (χ0n) is 12.4. The summed E-state index contributed by atoms with van der Waals surface area (Å²) in [7, 11) is 1.70. The van der Waals surface area contributed by atoms with E-state index in [2.05, 4.69) is 26.0 Å². The summed E-state index contributed by atoms with van der Waals surface area (Å²) >= 11 is 0. The highest BCUT2D eigenvalue weighted by Gasteiger charge is 2.33. The highest BCUT2D eigenvalue weighted by atomic mass is 16.5. The monoisotopic (exact) mass is 262 g/mol. The number of aliphatic hydroxyl groups is 1. The lowest BCUT2D eigenvalue weighted by molar-refractivity contribution is 0.00143. The quantitative estimate of drug-likeness (QED) is 0.876. The summed E-state index contributed by atoms with van der Waals surface area (Å²) in [4.78, 5) is 0. The molecule has 1 aliphatic rings. The summed E-state index contributed by atoms with van der Waals surface area (Å²) in [5.41, 5.74) is 2.12. The van der Waals surface area contributed by atoms with E-state index in [1.807, 2.05) is 6.07 Å². The Kier molecular flexibility index (Phi) is 4.51. The lowest BCUT2D eigenvalue weighted by atomic mass is 9.75. The molecule has 0 heterocycles. The van der Waals surface area contributed by atoms with E-state index >= 15 is 0 Å². The molecule has 0 spiro atoms. The van der Waals surface area contributed by atoms with Gasteiger partial charge in [-0.05, 0) is 48.4 Å². The molecule has 1 N–H and O–H groups in total. The maximum atomic E-state index is 10.9. The molecule has 0 bridgehead atoms. The Morgan fingerprint density at radius 3 is 2.63 bits per heavy atom. The molecule has 2 heteroatoms. The summed E-state index contributed by atoms with van der Waals surface area (Å²) in [5, 5.41) is 10.9. The van der Waals surface area contributed by atoms with Gasteiger partial charge in [-0.2, -0.15) is 0 Å². The van der Waals surface area contributed by atoms with Gasteiger partial charge in [-0.25, -0.2) is 0 Å². The van der Waals surface area contributed by atoms with Crippen LogP contribution in [0, 0.1) is 5.92 Å². The number of methoxy groups -OCH3 is 1. The molecule has 2 rings (SSSR count). The fourth-order valence-corrected chi connectivity index (χ4v) is 3.24. The zero-order valence-corrected chi connectivity index (χ0v) is 12.4. The van der Waals surface area contributed by atoms with Gasteiger partial charge in [0.05, 0.1) is 12.7 Å². The van der Waals surface area contributed by atoms with Gasteiger partial charge in [0, 0.05) is 6.42 Å². The Morgan fingerprint density at radius 2 is 2.00 bits per heavy atom. The molecule has 19 heavy (non-hydrogen) atoms. The van der Waals surface area contributed by atoms with Crippen LogP contribution in [0.25, 0.3) is 0 Å². The van der Waals surface area contributed by atoms with Crippen LogP contribution in [-0.4, -0.2) is 17.8 Å². The molecule has 0 aliphatic heterocycles. The topological polar surface area (TPSA) is 29.5 Å². The molecule has 0 saturated heterocycles. The summed E-state index contributed by atoms with van der Waals surface area (Å²) in [5.74, 6) is 1.53. The predicted molar refractivity (Wildman–Crippen MR) is 78.7 cm³/mol. The lowest BCUT2D eigenvalue weighted by Crippen LogP contribution is -2.37. The summed E-state index contributed by atoms with van der Waals surface area (Å²) in [6, 6.07) is 6.25. The van der Waals surface area contributed by atoms with Crippen molar-refractivity contribution in [3.63, 3.8) is 0 Å². The summed E-state index contributed by atoms with van der Waals surface area (Å²) < 4.78 is 5.29. The van der Waals surface area contributed by atoms with Gasteiger partial charge in [-0.1, -0.05) is 32.8 Å². The summed E-state index contributed by atoms with van der Waals surface area (Å²) in [6.45, 7) is 4.44. The van der Waals surface area contributed by atoms with Crippen molar-refractivity contribution in [3.05, 3.63) is 29.3 Å². The van der Waals surface area contributed by atoms with Crippen molar-refractivity contribution in [2.24, 2.45) is 5.92 Å². The van der Waals surface area contributed by atoms with Crippen molar-refractivity contribution in [1.29, 1.82) is 0 Å². The second-order valence-corrected chi connectivity index (χ2v) is 5.92. The first kappa shape index (κ1) is 14.4. The van der Waals surface area contributed by atoms with Crippen LogP contribution < -0.4 is 4.74 Å². The first-order valence-corrected chi connectivity index (χ1v) is 7.48. The molecule has 2 nitrogen and oxygen atoms in total. The molecule has 106 valence electrons. The SMILES string of the molecule is CCC(CC)CC1(O)CCc2ccc(OC)cc2C1. The third kappa shape index (κ3) is 3.30. The van der Waals surface area contributed by atoms with E-state index in [-0.39, 0.29) is 0 Å². The lowest BCUT2D eigenvalue weighted by Gasteiger charge is -2.36. The van der Waals surface area contributed by atoms with Gasteiger partial charge in [0.2, 0.25) is 0 Å². The van der Waals surface area contributed by atoms with Crippen LogP contribution >= 0.6 is 0 Å². The Morgan fingerprint density at radius 1 is 1.26 bits per heavy atom. The van der Waals surface area contributed by atoms with Gasteiger partial charge < -0.3 is 9.84 Å². The standard InChI is InChI=1S/C17H26O2/c1-4-13(5-2)11-17(18)9-8-14-6-7-16(19-3)10-15(14)12-17/h6-7,10,13,18H,4-5,8-9,11-12H2,1-3H3. The highest BCUT2D eigenvalue weighted by molar-refractivity contribution is 5.38. The summed E-state index contributed by atoms with van der Waals surface area (Å²) in [6.07, 6.45) is 5.89. The Labute approximate surface area is 116 Å². The van der Waals surface area contributed by atoms with Crippen molar-refractivity contribution in [2.45, 2.75) is 58.0 Å². The van der Waals surface area contributed by atoms with E-state index in [1.165, 1.54) is 11.1 Å². The Hall–Kier alpha value is -1.02. The van der Waals surface area contributed by atoms with Gasteiger partial charge >= 0.3 is 0 Å². The minimum atomic E-state index is -0.518. The number of aryl methyl sites for hydroxylation is 1. The molecule has 1 aromatic carbocycles. The fraction of sp³-hybridized carbons (Fsp3) is 0.647. The van der Waals surface area contributed by atoms with Crippen LogP contribution in [0.2, 0.25) is 0 Å². The Balaban J connectivity index is 2.15. The molecular weight excluding hydrogens is 236 g/mol. The van der Waals surface area contributed by atoms with Crippen LogP contribution in [0.4, 0.5) is 0 Å². The van der Waals surface area contributed by atoms with Gasteiger partial charge in [-0.15, -0.1) is 0 Å². The van der Waals surface area contributed by atoms with Gasteiger partial charge in [0.1, 0.15) is 5.75 Å². The number of ether oxygens (including phenoxy) is 1. The van der Waals surface area contributed by atoms with E-state index in [4.69, 9.17) is 4.74 Å². The molecule has 1 atom stereocenters. The largest absolute Gasteiger partial charge is 0.497 e. The maximum Gasteiger partial charge on any atom is 0.119 e. The van der Waals surface area contributed by atoms with Crippen molar-refractivity contribution in [3.8, 4) is 5.75 Å². The van der Waals surface area contributed by atoms with E-state index in [9.17, 15) is 5.11 Å². The van der Waals surface area contributed by atoms with Crippen molar-refractivity contribution < 1.29 is 9.84 Å². The minimum absolute atomic E-state index is 0.518. The van der Waals surface area contributed by atoms with Crippen molar-refractivity contribution in [1.82, 2.24) is 0 Å². The molecule has 0 saturated carbocycles.